The topological polar surface area (TPSA) is 55.1 Å². The highest BCUT2D eigenvalue weighted by molar-refractivity contribution is 5.79. The lowest BCUT2D eigenvalue weighted by Crippen LogP contribution is -2.35. The molecular weight excluding hydrogens is 99.0 g/mol. The molecule has 1 unspecified atom stereocenters. The van der Waals surface area contributed by atoms with Crippen molar-refractivity contribution in [3.8, 4) is 0 Å². The smallest absolute Gasteiger partial charge is 0.268 e. The van der Waals surface area contributed by atoms with E-state index < -0.39 is 12.1 Å². The Morgan fingerprint density at radius 2 is 2.43 bits per heavy atom. The summed E-state index contributed by atoms with van der Waals surface area (Å²) in [6, 6.07) is 0. The van der Waals surface area contributed by atoms with Crippen molar-refractivity contribution in [1.82, 2.24) is 5.43 Å². The van der Waals surface area contributed by atoms with Crippen LogP contribution in [0.2, 0.25) is 0 Å². The van der Waals surface area contributed by atoms with Crippen molar-refractivity contribution in [2.75, 3.05) is 0 Å². The molecule has 0 fully saturated rings. The summed E-state index contributed by atoms with van der Waals surface area (Å²) < 4.78 is 11.6. The molecule has 0 rings (SSSR count). The zero-order valence-corrected chi connectivity index (χ0v) is 3.94. The van der Waals surface area contributed by atoms with Gasteiger partial charge in [0, 0.05) is 0 Å². The minimum Gasteiger partial charge on any atom is -0.292 e. The van der Waals surface area contributed by atoms with Crippen LogP contribution in [0.15, 0.2) is 0 Å². The summed E-state index contributed by atoms with van der Waals surface area (Å²) in [6.07, 6.45) is -1.51. The number of carbonyl (C=O) groups is 1. The van der Waals surface area contributed by atoms with Crippen molar-refractivity contribution in [2.24, 2.45) is 5.84 Å². The molecule has 0 heterocycles. The van der Waals surface area contributed by atoms with E-state index in [-0.39, 0.29) is 0 Å². The molecule has 7 heavy (non-hydrogen) atoms. The third-order valence-corrected chi connectivity index (χ3v) is 0.504. The van der Waals surface area contributed by atoms with E-state index in [9.17, 15) is 9.18 Å². The number of hydrogen-bond donors (Lipinski definition) is 2. The van der Waals surface area contributed by atoms with E-state index in [0.717, 1.165) is 6.92 Å². The monoisotopic (exact) mass is 106 g/mol. The zero-order valence-electron chi connectivity index (χ0n) is 3.94. The molecule has 0 aromatic carbocycles. The van der Waals surface area contributed by atoms with Crippen LogP contribution in [0.1, 0.15) is 6.92 Å². The molecule has 3 nitrogen and oxygen atoms in total. The molecule has 0 spiro atoms. The Balaban J connectivity index is 3.35. The van der Waals surface area contributed by atoms with Crippen LogP contribution in [0.25, 0.3) is 0 Å². The van der Waals surface area contributed by atoms with Crippen molar-refractivity contribution in [2.45, 2.75) is 13.1 Å². The number of rotatable bonds is 1. The van der Waals surface area contributed by atoms with E-state index in [1.807, 2.05) is 0 Å². The molecule has 0 aliphatic carbocycles. The maximum atomic E-state index is 11.6. The minimum absolute atomic E-state index is 0.792. The highest BCUT2D eigenvalue weighted by atomic mass is 19.1. The van der Waals surface area contributed by atoms with Crippen LogP contribution in [0, 0.1) is 0 Å². The molecule has 1 atom stereocenters. The lowest BCUT2D eigenvalue weighted by molar-refractivity contribution is -0.125. The summed E-state index contributed by atoms with van der Waals surface area (Å²) in [5.74, 6) is 3.74. The average Bonchev–Trinajstić information content (AvgIpc) is 1.65. The summed E-state index contributed by atoms with van der Waals surface area (Å²) in [4.78, 5) is 9.90. The predicted molar refractivity (Wildman–Crippen MR) is 22.9 cm³/mol. The van der Waals surface area contributed by atoms with Gasteiger partial charge in [0.15, 0.2) is 6.17 Å². The van der Waals surface area contributed by atoms with Gasteiger partial charge in [-0.3, -0.25) is 10.2 Å². The molecular formula is C3H7FN2O. The van der Waals surface area contributed by atoms with Crippen LogP contribution in [0.4, 0.5) is 4.39 Å². The summed E-state index contributed by atoms with van der Waals surface area (Å²) in [5.41, 5.74) is 1.65. The molecule has 3 N–H and O–H groups in total. The van der Waals surface area contributed by atoms with Crippen molar-refractivity contribution in [3.63, 3.8) is 0 Å². The number of halogens is 1. The molecule has 0 aromatic rings. The SMILES string of the molecule is CC(F)C(=O)NN. The number of alkyl halides is 1. The van der Waals surface area contributed by atoms with Gasteiger partial charge in [0.2, 0.25) is 0 Å². The van der Waals surface area contributed by atoms with Crippen molar-refractivity contribution in [3.05, 3.63) is 0 Å². The first-order chi connectivity index (χ1) is 3.18. The van der Waals surface area contributed by atoms with E-state index in [1.165, 1.54) is 0 Å². The Morgan fingerprint density at radius 1 is 2.00 bits per heavy atom. The normalized spacial score (nSPS) is 13.0. The Labute approximate surface area is 40.7 Å². The number of nitrogens with two attached hydrogens (primary N) is 1. The first-order valence-electron chi connectivity index (χ1n) is 1.83. The molecule has 0 saturated carbocycles. The predicted octanol–water partition coefficient (Wildman–Crippen LogP) is -0.666. The summed E-state index contributed by atoms with van der Waals surface area (Å²) in [5, 5.41) is 0. The minimum atomic E-state index is -1.51. The largest absolute Gasteiger partial charge is 0.292 e. The number of amides is 1. The molecule has 0 saturated heterocycles. The molecule has 0 aromatic heterocycles. The van der Waals surface area contributed by atoms with E-state index >= 15 is 0 Å². The third-order valence-electron chi connectivity index (χ3n) is 0.504. The van der Waals surface area contributed by atoms with Gasteiger partial charge < -0.3 is 0 Å². The van der Waals surface area contributed by atoms with Gasteiger partial charge in [-0.1, -0.05) is 0 Å². The highest BCUT2D eigenvalue weighted by Crippen LogP contribution is 1.83. The van der Waals surface area contributed by atoms with Crippen LogP contribution < -0.4 is 11.3 Å². The first-order valence-corrected chi connectivity index (χ1v) is 1.83. The van der Waals surface area contributed by atoms with Crippen molar-refractivity contribution >= 4 is 5.91 Å². The maximum absolute atomic E-state index is 11.6. The van der Waals surface area contributed by atoms with Crippen LogP contribution in [-0.2, 0) is 4.79 Å². The third kappa shape index (κ3) is 2.11. The fourth-order valence-corrected chi connectivity index (χ4v) is 0.115. The van der Waals surface area contributed by atoms with Gasteiger partial charge in [0.1, 0.15) is 0 Å². The van der Waals surface area contributed by atoms with E-state index in [0.29, 0.717) is 0 Å². The van der Waals surface area contributed by atoms with Crippen LogP contribution in [0.5, 0.6) is 0 Å². The Kier molecular flexibility index (Phi) is 2.29. The summed E-state index contributed by atoms with van der Waals surface area (Å²) in [6.45, 7) is 1.11. The van der Waals surface area contributed by atoms with Gasteiger partial charge in [0.05, 0.1) is 0 Å². The number of nitrogens with one attached hydrogen (secondary N) is 1. The quantitative estimate of drug-likeness (QED) is 0.265. The van der Waals surface area contributed by atoms with Gasteiger partial charge >= 0.3 is 0 Å². The van der Waals surface area contributed by atoms with Gasteiger partial charge in [-0.15, -0.1) is 0 Å². The molecule has 0 aliphatic heterocycles. The van der Waals surface area contributed by atoms with Gasteiger partial charge in [-0.05, 0) is 6.92 Å². The molecule has 0 radical (unpaired) electrons. The van der Waals surface area contributed by atoms with Crippen molar-refractivity contribution < 1.29 is 9.18 Å². The molecule has 1 amide bonds. The summed E-state index contributed by atoms with van der Waals surface area (Å²) >= 11 is 0. The van der Waals surface area contributed by atoms with Crippen LogP contribution >= 0.6 is 0 Å². The molecule has 0 bridgehead atoms. The van der Waals surface area contributed by atoms with E-state index in [2.05, 4.69) is 5.84 Å². The van der Waals surface area contributed by atoms with Gasteiger partial charge in [-0.2, -0.15) is 0 Å². The maximum Gasteiger partial charge on any atom is 0.268 e. The van der Waals surface area contributed by atoms with Crippen molar-refractivity contribution in [1.29, 1.82) is 0 Å². The van der Waals surface area contributed by atoms with Crippen LogP contribution in [-0.4, -0.2) is 12.1 Å². The van der Waals surface area contributed by atoms with Gasteiger partial charge in [0.25, 0.3) is 5.91 Å². The highest BCUT2D eigenvalue weighted by Gasteiger charge is 2.05. The standard InChI is InChI=1S/C3H7FN2O/c1-2(4)3(7)6-5/h2H,5H2,1H3,(H,6,7). The second-order valence-corrected chi connectivity index (χ2v) is 1.12. The summed E-state index contributed by atoms with van der Waals surface area (Å²) in [7, 11) is 0. The Bertz CT molecular complexity index is 73.3. The number of carbonyl (C=O) groups excluding carboxylic acids is 1. The Morgan fingerprint density at radius 3 is 2.43 bits per heavy atom. The van der Waals surface area contributed by atoms with E-state index in [4.69, 9.17) is 0 Å². The number of hydrogen-bond acceptors (Lipinski definition) is 2. The van der Waals surface area contributed by atoms with E-state index in [1.54, 1.807) is 5.43 Å². The molecule has 0 aliphatic rings. The Hall–Kier alpha value is -0.640. The number of hydrazine groups is 1. The second kappa shape index (κ2) is 2.52. The fraction of sp³-hybridized carbons (Fsp3) is 0.667. The second-order valence-electron chi connectivity index (χ2n) is 1.12. The lowest BCUT2D eigenvalue weighted by Gasteiger charge is -1.95. The first kappa shape index (κ1) is 6.36. The lowest BCUT2D eigenvalue weighted by atomic mass is 10.4. The molecule has 4 heteroatoms. The molecule has 42 valence electrons. The van der Waals surface area contributed by atoms with Gasteiger partial charge in [-0.25, -0.2) is 10.2 Å². The average molecular weight is 106 g/mol. The zero-order chi connectivity index (χ0) is 5.86. The van der Waals surface area contributed by atoms with Crippen LogP contribution in [0.3, 0.4) is 0 Å². The fourth-order valence-electron chi connectivity index (χ4n) is 0.115.